The topological polar surface area (TPSA) is 29.5 Å². The molecule has 1 aromatic carbocycles. The largest absolute Gasteiger partial charge is 0.487 e. The molecule has 0 spiro atoms. The second-order valence-corrected chi connectivity index (χ2v) is 4.94. The fourth-order valence-corrected chi connectivity index (χ4v) is 3.20. The molecule has 1 heterocycles. The summed E-state index contributed by atoms with van der Waals surface area (Å²) in [4.78, 5) is 0. The molecule has 1 aromatic rings. The summed E-state index contributed by atoms with van der Waals surface area (Å²) in [7, 11) is 0. The predicted octanol–water partition coefficient (Wildman–Crippen LogP) is 2.77. The van der Waals surface area contributed by atoms with Gasteiger partial charge in [0.2, 0.25) is 0 Å². The first-order valence-electron chi connectivity index (χ1n) is 6.27. The second kappa shape index (κ2) is 3.49. The van der Waals surface area contributed by atoms with Crippen molar-refractivity contribution in [2.75, 3.05) is 0 Å². The standard InChI is InChI=1S/C14H18O2/c1-2-12-14(15)9-4-3-6-10-7-5-8-11(16-12)13(10)14/h5,7-8,12,15H,2-4,6,9H2,1H3. The molecule has 0 fully saturated rings. The van der Waals surface area contributed by atoms with Gasteiger partial charge in [-0.15, -0.1) is 0 Å². The van der Waals surface area contributed by atoms with Crippen LogP contribution in [-0.2, 0) is 12.0 Å². The lowest BCUT2D eigenvalue weighted by Gasteiger charge is -2.27. The number of hydrogen-bond donors (Lipinski definition) is 1. The van der Waals surface area contributed by atoms with Crippen LogP contribution in [0.5, 0.6) is 5.75 Å². The normalized spacial score (nSPS) is 31.8. The number of hydrogen-bond acceptors (Lipinski definition) is 2. The third kappa shape index (κ3) is 1.23. The highest BCUT2D eigenvalue weighted by molar-refractivity contribution is 5.49. The van der Waals surface area contributed by atoms with Gasteiger partial charge < -0.3 is 9.84 Å². The molecule has 0 bridgehead atoms. The van der Waals surface area contributed by atoms with Crippen molar-refractivity contribution in [2.24, 2.45) is 0 Å². The van der Waals surface area contributed by atoms with Crippen LogP contribution in [-0.4, -0.2) is 11.2 Å². The van der Waals surface area contributed by atoms with Crippen LogP contribution in [0.4, 0.5) is 0 Å². The van der Waals surface area contributed by atoms with Crippen molar-refractivity contribution >= 4 is 0 Å². The van der Waals surface area contributed by atoms with Gasteiger partial charge in [0, 0.05) is 5.56 Å². The van der Waals surface area contributed by atoms with Gasteiger partial charge in [0.15, 0.2) is 0 Å². The maximum atomic E-state index is 10.9. The first kappa shape index (κ1) is 10.2. The Morgan fingerprint density at radius 3 is 3.12 bits per heavy atom. The minimum Gasteiger partial charge on any atom is -0.487 e. The van der Waals surface area contributed by atoms with Gasteiger partial charge in [0.25, 0.3) is 0 Å². The summed E-state index contributed by atoms with van der Waals surface area (Å²) in [6.45, 7) is 2.08. The minimum absolute atomic E-state index is 0.0539. The first-order valence-corrected chi connectivity index (χ1v) is 6.27. The fraction of sp³-hybridized carbons (Fsp3) is 0.571. The van der Waals surface area contributed by atoms with E-state index in [2.05, 4.69) is 13.0 Å². The van der Waals surface area contributed by atoms with Crippen molar-refractivity contribution in [1.29, 1.82) is 0 Å². The number of aryl methyl sites for hydroxylation is 1. The highest BCUT2D eigenvalue weighted by Crippen LogP contribution is 2.48. The van der Waals surface area contributed by atoms with Crippen molar-refractivity contribution in [3.05, 3.63) is 29.3 Å². The van der Waals surface area contributed by atoms with E-state index in [0.29, 0.717) is 0 Å². The van der Waals surface area contributed by atoms with Crippen molar-refractivity contribution in [3.8, 4) is 5.75 Å². The third-order valence-corrected chi connectivity index (χ3v) is 3.97. The molecule has 2 aliphatic rings. The van der Waals surface area contributed by atoms with E-state index in [-0.39, 0.29) is 6.10 Å². The molecule has 0 saturated heterocycles. The molecule has 2 unspecified atom stereocenters. The van der Waals surface area contributed by atoms with Gasteiger partial charge >= 0.3 is 0 Å². The Balaban J connectivity index is 2.18. The number of aliphatic hydroxyl groups is 1. The maximum absolute atomic E-state index is 10.9. The third-order valence-electron chi connectivity index (χ3n) is 3.97. The SMILES string of the molecule is CCC1Oc2cccc3c2C1(O)CCCC3. The fourth-order valence-electron chi connectivity index (χ4n) is 3.20. The Morgan fingerprint density at radius 1 is 1.44 bits per heavy atom. The van der Waals surface area contributed by atoms with E-state index in [0.717, 1.165) is 37.0 Å². The lowest BCUT2D eigenvalue weighted by molar-refractivity contribution is -0.0483. The van der Waals surface area contributed by atoms with Crippen LogP contribution >= 0.6 is 0 Å². The summed E-state index contributed by atoms with van der Waals surface area (Å²) in [5, 5.41) is 10.9. The monoisotopic (exact) mass is 218 g/mol. The molecule has 86 valence electrons. The molecule has 1 aliphatic heterocycles. The minimum atomic E-state index is -0.725. The molecule has 2 nitrogen and oxygen atoms in total. The van der Waals surface area contributed by atoms with Gasteiger partial charge in [-0.3, -0.25) is 0 Å². The molecular weight excluding hydrogens is 200 g/mol. The van der Waals surface area contributed by atoms with Crippen LogP contribution in [0.1, 0.15) is 43.7 Å². The van der Waals surface area contributed by atoms with Gasteiger partial charge in [-0.25, -0.2) is 0 Å². The van der Waals surface area contributed by atoms with Gasteiger partial charge in [-0.1, -0.05) is 19.1 Å². The molecule has 3 rings (SSSR count). The summed E-state index contributed by atoms with van der Waals surface area (Å²) in [6, 6.07) is 6.17. The Hall–Kier alpha value is -1.02. The van der Waals surface area contributed by atoms with Crippen LogP contribution in [0.15, 0.2) is 18.2 Å². The summed E-state index contributed by atoms with van der Waals surface area (Å²) in [6.07, 6.45) is 4.99. The van der Waals surface area contributed by atoms with E-state index < -0.39 is 5.60 Å². The lowest BCUT2D eigenvalue weighted by atomic mass is 9.84. The number of benzene rings is 1. The quantitative estimate of drug-likeness (QED) is 0.785. The lowest BCUT2D eigenvalue weighted by Crippen LogP contribution is -2.37. The van der Waals surface area contributed by atoms with Crippen LogP contribution in [0.2, 0.25) is 0 Å². The Morgan fingerprint density at radius 2 is 2.31 bits per heavy atom. The molecule has 1 N–H and O–H groups in total. The van der Waals surface area contributed by atoms with Crippen LogP contribution in [0.3, 0.4) is 0 Å². The molecule has 16 heavy (non-hydrogen) atoms. The maximum Gasteiger partial charge on any atom is 0.131 e. The molecule has 2 heteroatoms. The van der Waals surface area contributed by atoms with Crippen LogP contribution in [0.25, 0.3) is 0 Å². The van der Waals surface area contributed by atoms with E-state index in [1.54, 1.807) is 0 Å². The van der Waals surface area contributed by atoms with E-state index >= 15 is 0 Å². The van der Waals surface area contributed by atoms with E-state index in [9.17, 15) is 5.11 Å². The number of ether oxygens (including phenoxy) is 1. The summed E-state index contributed by atoms with van der Waals surface area (Å²) in [5.41, 5.74) is 1.64. The highest BCUT2D eigenvalue weighted by atomic mass is 16.5. The summed E-state index contributed by atoms with van der Waals surface area (Å²) in [5.74, 6) is 0.911. The molecule has 0 saturated carbocycles. The average molecular weight is 218 g/mol. The molecule has 2 atom stereocenters. The summed E-state index contributed by atoms with van der Waals surface area (Å²) >= 11 is 0. The predicted molar refractivity (Wildman–Crippen MR) is 62.6 cm³/mol. The summed E-state index contributed by atoms with van der Waals surface area (Å²) < 4.78 is 5.89. The van der Waals surface area contributed by atoms with Crippen LogP contribution < -0.4 is 4.74 Å². The second-order valence-electron chi connectivity index (χ2n) is 4.94. The Labute approximate surface area is 96.2 Å². The smallest absolute Gasteiger partial charge is 0.131 e. The van der Waals surface area contributed by atoms with E-state index in [4.69, 9.17) is 4.74 Å². The zero-order valence-electron chi connectivity index (χ0n) is 9.70. The average Bonchev–Trinajstić information content (AvgIpc) is 2.46. The zero-order valence-corrected chi connectivity index (χ0v) is 9.70. The van der Waals surface area contributed by atoms with Gasteiger partial charge in [-0.05, 0) is 43.7 Å². The van der Waals surface area contributed by atoms with Gasteiger partial charge in [0.05, 0.1) is 0 Å². The van der Waals surface area contributed by atoms with E-state index in [1.165, 1.54) is 12.0 Å². The van der Waals surface area contributed by atoms with Crippen molar-refractivity contribution in [2.45, 2.75) is 50.7 Å². The van der Waals surface area contributed by atoms with E-state index in [1.807, 2.05) is 12.1 Å². The zero-order chi connectivity index (χ0) is 11.2. The highest BCUT2D eigenvalue weighted by Gasteiger charge is 2.48. The van der Waals surface area contributed by atoms with Crippen molar-refractivity contribution < 1.29 is 9.84 Å². The Kier molecular flexibility index (Phi) is 2.21. The molecular formula is C14H18O2. The Bertz CT molecular complexity index is 413. The van der Waals surface area contributed by atoms with Gasteiger partial charge in [-0.2, -0.15) is 0 Å². The number of rotatable bonds is 1. The molecule has 0 radical (unpaired) electrons. The van der Waals surface area contributed by atoms with Gasteiger partial charge in [0.1, 0.15) is 17.5 Å². The van der Waals surface area contributed by atoms with Crippen molar-refractivity contribution in [3.63, 3.8) is 0 Å². The molecule has 0 aromatic heterocycles. The van der Waals surface area contributed by atoms with Crippen molar-refractivity contribution in [1.82, 2.24) is 0 Å². The first-order chi connectivity index (χ1) is 7.75. The molecule has 0 amide bonds. The molecule has 1 aliphatic carbocycles. The van der Waals surface area contributed by atoms with Crippen LogP contribution in [0, 0.1) is 0 Å².